The van der Waals surface area contributed by atoms with E-state index in [0.29, 0.717) is 5.69 Å². The van der Waals surface area contributed by atoms with E-state index >= 15 is 0 Å². The second kappa shape index (κ2) is 8.33. The molecule has 132 valence electrons. The molecular formula is C18H24F3NOSi. The molecule has 2 nitrogen and oxygen atoms in total. The number of nitrogens with zero attached hydrogens (tertiary/aromatic N) is 1. The molecule has 0 radical (unpaired) electrons. The van der Waals surface area contributed by atoms with Gasteiger partial charge < -0.3 is 4.90 Å². The lowest BCUT2D eigenvalue weighted by atomic mass is 10.2. The van der Waals surface area contributed by atoms with Gasteiger partial charge in [0.1, 0.15) is 6.42 Å². The van der Waals surface area contributed by atoms with Crippen LogP contribution in [0.3, 0.4) is 0 Å². The Balaban J connectivity index is 3.19. The van der Waals surface area contributed by atoms with Crippen LogP contribution < -0.4 is 10.1 Å². The second-order valence-electron chi connectivity index (χ2n) is 6.03. The first kappa shape index (κ1) is 20.2. The Bertz CT molecular complexity index is 588. The van der Waals surface area contributed by atoms with E-state index in [4.69, 9.17) is 0 Å². The zero-order valence-electron chi connectivity index (χ0n) is 14.2. The number of hydrogen-bond acceptors (Lipinski definition) is 1. The minimum absolute atomic E-state index is 0.194. The molecule has 0 bridgehead atoms. The molecule has 24 heavy (non-hydrogen) atoms. The molecular weight excluding hydrogens is 331 g/mol. The maximum absolute atomic E-state index is 12.5. The smallest absolute Gasteiger partial charge is 0.312 e. The number of amides is 1. The fourth-order valence-electron chi connectivity index (χ4n) is 2.78. The second-order valence-corrected chi connectivity index (χ2v) is 10.5. The van der Waals surface area contributed by atoms with E-state index in [0.717, 1.165) is 17.3 Å². The van der Waals surface area contributed by atoms with Crippen LogP contribution in [0.4, 0.5) is 18.9 Å². The highest BCUT2D eigenvalue weighted by Crippen LogP contribution is 2.24. The Kier molecular flexibility index (Phi) is 7.02. The van der Waals surface area contributed by atoms with Crippen molar-refractivity contribution in [2.75, 3.05) is 11.4 Å². The quantitative estimate of drug-likeness (QED) is 0.491. The van der Waals surface area contributed by atoms with Crippen LogP contribution in [-0.4, -0.2) is 26.7 Å². The van der Waals surface area contributed by atoms with Crippen LogP contribution in [0.15, 0.2) is 49.6 Å². The first-order valence-electron chi connectivity index (χ1n) is 7.86. The summed E-state index contributed by atoms with van der Waals surface area (Å²) in [5.41, 5.74) is 0.510. The normalized spacial score (nSPS) is 11.9. The molecule has 0 saturated heterocycles. The molecule has 0 heterocycles. The average Bonchev–Trinajstić information content (AvgIpc) is 2.47. The number of carbonyl (C=O) groups is 1. The lowest BCUT2D eigenvalue weighted by Crippen LogP contribution is -2.44. The number of carbonyl (C=O) groups excluding carboxylic acids is 1. The molecule has 0 aliphatic heterocycles. The van der Waals surface area contributed by atoms with Crippen molar-refractivity contribution in [3.8, 4) is 0 Å². The molecule has 0 saturated carbocycles. The van der Waals surface area contributed by atoms with Gasteiger partial charge in [0, 0.05) is 12.2 Å². The van der Waals surface area contributed by atoms with E-state index in [9.17, 15) is 18.0 Å². The minimum Gasteiger partial charge on any atom is -0.312 e. The van der Waals surface area contributed by atoms with Crippen molar-refractivity contribution in [3.05, 3.63) is 49.6 Å². The number of anilines is 1. The Hall–Kier alpha value is -1.82. The van der Waals surface area contributed by atoms with E-state index in [-0.39, 0.29) is 6.54 Å². The topological polar surface area (TPSA) is 20.3 Å². The summed E-state index contributed by atoms with van der Waals surface area (Å²) in [5, 5.41) is 1.08. The van der Waals surface area contributed by atoms with Crippen LogP contribution in [-0.2, 0) is 4.79 Å². The van der Waals surface area contributed by atoms with Gasteiger partial charge in [0.15, 0.2) is 0 Å². The number of alkyl halides is 3. The van der Waals surface area contributed by atoms with Gasteiger partial charge in [-0.05, 0) is 31.1 Å². The van der Waals surface area contributed by atoms with E-state index in [1.54, 1.807) is 19.1 Å². The molecule has 0 aliphatic rings. The summed E-state index contributed by atoms with van der Waals surface area (Å²) in [6.07, 6.45) is -2.21. The summed E-state index contributed by atoms with van der Waals surface area (Å²) in [7, 11) is -1.89. The third kappa shape index (κ3) is 5.37. The molecule has 0 unspecified atom stereocenters. The zero-order chi connectivity index (χ0) is 18.4. The SMILES string of the molecule is C=CC[Si](C)(CC=C)c1cccc(N(CC)C(=O)CC(F)(F)F)c1. The van der Waals surface area contributed by atoms with Crippen LogP contribution in [0.25, 0.3) is 0 Å². The molecule has 1 rings (SSSR count). The molecule has 0 atom stereocenters. The highest BCUT2D eigenvalue weighted by Gasteiger charge is 2.34. The standard InChI is InChI=1S/C18H24F3NOSi/c1-5-11-24(4,12-6-2)16-10-8-9-15(13-16)22(7-3)17(23)14-18(19,20)21/h5-6,8-10,13H,1-2,7,11-12,14H2,3-4H3. The van der Waals surface area contributed by atoms with Crippen LogP contribution in [0.2, 0.25) is 18.6 Å². The first-order chi connectivity index (χ1) is 11.2. The minimum atomic E-state index is -4.50. The average molecular weight is 355 g/mol. The first-order valence-corrected chi connectivity index (χ1v) is 10.8. The van der Waals surface area contributed by atoms with Crippen molar-refractivity contribution in [3.63, 3.8) is 0 Å². The maximum atomic E-state index is 12.5. The molecule has 1 aromatic rings. The van der Waals surface area contributed by atoms with Crippen LogP contribution in [0.5, 0.6) is 0 Å². The lowest BCUT2D eigenvalue weighted by molar-refractivity contribution is -0.151. The van der Waals surface area contributed by atoms with Crippen LogP contribution in [0, 0.1) is 0 Å². The van der Waals surface area contributed by atoms with Gasteiger partial charge >= 0.3 is 6.18 Å². The van der Waals surface area contributed by atoms with E-state index in [1.807, 2.05) is 24.3 Å². The number of halogens is 3. The summed E-state index contributed by atoms with van der Waals surface area (Å²) in [5.74, 6) is -0.932. The number of hydrogen-bond donors (Lipinski definition) is 0. The molecule has 6 heteroatoms. The van der Waals surface area contributed by atoms with Crippen molar-refractivity contribution in [1.82, 2.24) is 0 Å². The zero-order valence-corrected chi connectivity index (χ0v) is 15.2. The number of rotatable bonds is 8. The van der Waals surface area contributed by atoms with Gasteiger partial charge in [-0.15, -0.1) is 13.2 Å². The Labute approximate surface area is 142 Å². The lowest BCUT2D eigenvalue weighted by Gasteiger charge is -2.28. The van der Waals surface area contributed by atoms with Crippen LogP contribution in [0.1, 0.15) is 13.3 Å². The highest BCUT2D eigenvalue weighted by atomic mass is 28.3. The van der Waals surface area contributed by atoms with Gasteiger partial charge in [-0.25, -0.2) is 0 Å². The van der Waals surface area contributed by atoms with Crippen molar-refractivity contribution >= 4 is 24.9 Å². The summed E-state index contributed by atoms with van der Waals surface area (Å²) in [4.78, 5) is 13.2. The molecule has 1 aromatic carbocycles. The van der Waals surface area contributed by atoms with Gasteiger partial charge in [-0.2, -0.15) is 13.2 Å². The Morgan fingerprint density at radius 1 is 1.25 bits per heavy atom. The fourth-order valence-corrected chi connectivity index (χ4v) is 5.68. The molecule has 0 spiro atoms. The largest absolute Gasteiger partial charge is 0.397 e. The fraction of sp³-hybridized carbons (Fsp3) is 0.389. The van der Waals surface area contributed by atoms with Gasteiger partial charge in [0.05, 0.1) is 8.07 Å². The number of benzene rings is 1. The molecule has 0 aromatic heterocycles. The summed E-state index contributed by atoms with van der Waals surface area (Å²) in [6.45, 7) is 11.7. The maximum Gasteiger partial charge on any atom is 0.397 e. The van der Waals surface area contributed by atoms with Gasteiger partial charge in [0.25, 0.3) is 0 Å². The van der Waals surface area contributed by atoms with E-state index < -0.39 is 26.6 Å². The molecule has 1 amide bonds. The van der Waals surface area contributed by atoms with Crippen LogP contribution >= 0.6 is 0 Å². The Morgan fingerprint density at radius 3 is 2.29 bits per heavy atom. The highest BCUT2D eigenvalue weighted by molar-refractivity contribution is 6.91. The van der Waals surface area contributed by atoms with Gasteiger partial charge in [-0.3, -0.25) is 4.79 Å². The van der Waals surface area contributed by atoms with E-state index in [2.05, 4.69) is 19.7 Å². The Morgan fingerprint density at radius 2 is 1.83 bits per heavy atom. The third-order valence-corrected chi connectivity index (χ3v) is 8.10. The predicted molar refractivity (Wildman–Crippen MR) is 96.4 cm³/mol. The van der Waals surface area contributed by atoms with Gasteiger partial charge in [-0.1, -0.05) is 36.0 Å². The summed E-state index contributed by atoms with van der Waals surface area (Å²) in [6, 6.07) is 8.97. The molecule has 0 aliphatic carbocycles. The summed E-state index contributed by atoms with van der Waals surface area (Å²) < 4.78 is 37.6. The van der Waals surface area contributed by atoms with E-state index in [1.165, 1.54) is 4.90 Å². The molecule has 0 N–H and O–H groups in total. The molecule has 0 fully saturated rings. The number of allylic oxidation sites excluding steroid dienone is 2. The van der Waals surface area contributed by atoms with Crippen molar-refractivity contribution in [2.24, 2.45) is 0 Å². The van der Waals surface area contributed by atoms with Crippen molar-refractivity contribution < 1.29 is 18.0 Å². The van der Waals surface area contributed by atoms with Gasteiger partial charge in [0.2, 0.25) is 5.91 Å². The van der Waals surface area contributed by atoms with Crippen molar-refractivity contribution in [1.29, 1.82) is 0 Å². The summed E-state index contributed by atoms with van der Waals surface area (Å²) >= 11 is 0. The van der Waals surface area contributed by atoms with Crippen molar-refractivity contribution in [2.45, 2.75) is 38.2 Å². The predicted octanol–water partition coefficient (Wildman–Crippen LogP) is 4.65. The monoisotopic (exact) mass is 355 g/mol. The third-order valence-electron chi connectivity index (χ3n) is 4.01.